The van der Waals surface area contributed by atoms with E-state index in [1.54, 1.807) is 0 Å². The highest BCUT2D eigenvalue weighted by atomic mass is 15.1. The van der Waals surface area contributed by atoms with Gasteiger partial charge in [-0.3, -0.25) is 0 Å². The summed E-state index contributed by atoms with van der Waals surface area (Å²) in [5, 5.41) is 7.67. The zero-order valence-corrected chi connectivity index (χ0v) is 13.2. The van der Waals surface area contributed by atoms with E-state index in [2.05, 4.69) is 68.7 Å². The first-order valence-electron chi connectivity index (χ1n) is 7.95. The number of rotatable bonds is 3. The highest BCUT2D eigenvalue weighted by Gasteiger charge is 2.43. The molecule has 1 aromatic carbocycles. The molecule has 1 aromatic rings. The third kappa shape index (κ3) is 3.24. The molecule has 2 nitrogen and oxygen atoms in total. The van der Waals surface area contributed by atoms with Crippen molar-refractivity contribution in [2.45, 2.75) is 76.0 Å². The van der Waals surface area contributed by atoms with E-state index in [0.29, 0.717) is 12.1 Å². The molecule has 0 aromatic heterocycles. The summed E-state index contributed by atoms with van der Waals surface area (Å²) in [7, 11) is 0. The van der Waals surface area contributed by atoms with Crippen LogP contribution < -0.4 is 10.6 Å². The topological polar surface area (TPSA) is 24.1 Å². The molecule has 0 radical (unpaired) electrons. The van der Waals surface area contributed by atoms with Crippen LogP contribution in [0.3, 0.4) is 0 Å². The average molecular weight is 272 g/mol. The molecule has 110 valence electrons. The Kier molecular flexibility index (Phi) is 3.42. The molecule has 2 heteroatoms. The van der Waals surface area contributed by atoms with Gasteiger partial charge in [0.1, 0.15) is 0 Å². The number of hydrogen-bond donors (Lipinski definition) is 2. The second-order valence-electron chi connectivity index (χ2n) is 8.02. The van der Waals surface area contributed by atoms with Crippen molar-refractivity contribution >= 4 is 0 Å². The number of nitrogens with one attached hydrogen (secondary N) is 2. The fourth-order valence-electron chi connectivity index (χ4n) is 4.19. The van der Waals surface area contributed by atoms with Gasteiger partial charge < -0.3 is 10.6 Å². The zero-order valence-electron chi connectivity index (χ0n) is 13.2. The van der Waals surface area contributed by atoms with Gasteiger partial charge in [0.15, 0.2) is 0 Å². The normalized spacial score (nSPS) is 32.0. The summed E-state index contributed by atoms with van der Waals surface area (Å²) in [6, 6.07) is 12.3. The molecule has 0 amide bonds. The van der Waals surface area contributed by atoms with Crippen LogP contribution in [-0.4, -0.2) is 23.2 Å². The Morgan fingerprint density at radius 3 is 2.20 bits per heavy atom. The fraction of sp³-hybridized carbons (Fsp3) is 0.667. The van der Waals surface area contributed by atoms with E-state index < -0.39 is 0 Å². The van der Waals surface area contributed by atoms with Crippen molar-refractivity contribution in [3.8, 4) is 0 Å². The van der Waals surface area contributed by atoms with Gasteiger partial charge in [-0.1, -0.05) is 30.3 Å². The molecule has 1 unspecified atom stereocenters. The van der Waals surface area contributed by atoms with Crippen molar-refractivity contribution in [2.24, 2.45) is 0 Å². The predicted molar refractivity (Wildman–Crippen MR) is 85.0 cm³/mol. The summed E-state index contributed by atoms with van der Waals surface area (Å²) in [6.07, 6.45) is 3.73. The van der Waals surface area contributed by atoms with Crippen LogP contribution in [-0.2, 0) is 0 Å². The number of hydrogen-bond acceptors (Lipinski definition) is 2. The van der Waals surface area contributed by atoms with Crippen molar-refractivity contribution in [3.05, 3.63) is 35.9 Å². The fourth-order valence-corrected chi connectivity index (χ4v) is 4.19. The van der Waals surface area contributed by atoms with E-state index in [1.165, 1.54) is 24.8 Å². The molecule has 1 saturated carbocycles. The second-order valence-corrected chi connectivity index (χ2v) is 8.02. The van der Waals surface area contributed by atoms with Crippen LogP contribution in [0.1, 0.15) is 58.4 Å². The monoisotopic (exact) mass is 272 g/mol. The molecule has 20 heavy (non-hydrogen) atoms. The maximum Gasteiger partial charge on any atom is 0.0145 e. The van der Waals surface area contributed by atoms with E-state index in [4.69, 9.17) is 0 Å². The van der Waals surface area contributed by atoms with Crippen molar-refractivity contribution < 1.29 is 0 Å². The minimum atomic E-state index is 0.233. The molecular weight excluding hydrogens is 244 g/mol. The molecule has 0 spiro atoms. The molecule has 2 fully saturated rings. The lowest BCUT2D eigenvalue weighted by atomic mass is 9.79. The maximum atomic E-state index is 3.91. The lowest BCUT2D eigenvalue weighted by molar-refractivity contribution is 0.145. The van der Waals surface area contributed by atoms with Gasteiger partial charge in [0, 0.05) is 29.1 Å². The molecule has 2 N–H and O–H groups in total. The summed E-state index contributed by atoms with van der Waals surface area (Å²) < 4.78 is 0. The van der Waals surface area contributed by atoms with E-state index in [1.807, 2.05) is 0 Å². The van der Waals surface area contributed by atoms with Crippen LogP contribution in [0.2, 0.25) is 0 Å². The Hall–Kier alpha value is -0.860. The van der Waals surface area contributed by atoms with Gasteiger partial charge in [-0.2, -0.15) is 0 Å². The van der Waals surface area contributed by atoms with Crippen LogP contribution in [0.25, 0.3) is 0 Å². The number of piperidine rings is 1. The lowest BCUT2D eigenvalue weighted by Gasteiger charge is -2.47. The van der Waals surface area contributed by atoms with Gasteiger partial charge in [0.2, 0.25) is 0 Å². The quantitative estimate of drug-likeness (QED) is 0.881. The third-order valence-corrected chi connectivity index (χ3v) is 4.66. The lowest BCUT2D eigenvalue weighted by Crippen LogP contribution is -2.61. The van der Waals surface area contributed by atoms with Crippen molar-refractivity contribution in [3.63, 3.8) is 0 Å². The van der Waals surface area contributed by atoms with Gasteiger partial charge in [0.25, 0.3) is 0 Å². The standard InChI is InChI=1S/C18H28N2/c1-17(2)11-14(12-18(3,4)20-17)19-16-10-15(16)13-8-6-5-7-9-13/h5-9,14-16,19-20H,10-12H2,1-4H3/t15-,16?/m1/s1. The molecule has 2 atom stereocenters. The van der Waals surface area contributed by atoms with Crippen LogP contribution in [0.5, 0.6) is 0 Å². The van der Waals surface area contributed by atoms with Crippen molar-refractivity contribution in [2.75, 3.05) is 0 Å². The van der Waals surface area contributed by atoms with Crippen LogP contribution in [0.15, 0.2) is 30.3 Å². The van der Waals surface area contributed by atoms with Crippen LogP contribution >= 0.6 is 0 Å². The largest absolute Gasteiger partial charge is 0.310 e. The van der Waals surface area contributed by atoms with E-state index >= 15 is 0 Å². The first-order valence-corrected chi connectivity index (χ1v) is 7.95. The smallest absolute Gasteiger partial charge is 0.0145 e. The Morgan fingerprint density at radius 1 is 1.00 bits per heavy atom. The van der Waals surface area contributed by atoms with Crippen molar-refractivity contribution in [1.29, 1.82) is 0 Å². The first kappa shape index (κ1) is 14.1. The van der Waals surface area contributed by atoms with E-state index in [0.717, 1.165) is 5.92 Å². The molecule has 2 aliphatic rings. The number of benzene rings is 1. The molecule has 1 heterocycles. The van der Waals surface area contributed by atoms with Crippen LogP contribution in [0.4, 0.5) is 0 Å². The zero-order chi connectivity index (χ0) is 14.4. The first-order chi connectivity index (χ1) is 9.35. The molecule has 3 rings (SSSR count). The summed E-state index contributed by atoms with van der Waals surface area (Å²) in [5.41, 5.74) is 1.96. The molecule has 1 aliphatic heterocycles. The molecule has 1 aliphatic carbocycles. The predicted octanol–water partition coefficient (Wildman–Crippen LogP) is 3.44. The second kappa shape index (κ2) is 4.85. The van der Waals surface area contributed by atoms with E-state index in [-0.39, 0.29) is 11.1 Å². The minimum absolute atomic E-state index is 0.233. The summed E-state index contributed by atoms with van der Waals surface area (Å²) >= 11 is 0. The highest BCUT2D eigenvalue weighted by molar-refractivity contribution is 5.28. The van der Waals surface area contributed by atoms with E-state index in [9.17, 15) is 0 Å². The summed E-state index contributed by atoms with van der Waals surface area (Å²) in [5.74, 6) is 0.734. The van der Waals surface area contributed by atoms with Gasteiger partial charge in [-0.25, -0.2) is 0 Å². The van der Waals surface area contributed by atoms with Gasteiger partial charge in [-0.05, 0) is 52.5 Å². The molecular formula is C18H28N2. The van der Waals surface area contributed by atoms with Crippen LogP contribution in [0, 0.1) is 0 Å². The van der Waals surface area contributed by atoms with Gasteiger partial charge in [-0.15, -0.1) is 0 Å². The average Bonchev–Trinajstić information content (AvgIpc) is 3.05. The maximum absolute atomic E-state index is 3.91. The van der Waals surface area contributed by atoms with Crippen molar-refractivity contribution in [1.82, 2.24) is 10.6 Å². The Balaban J connectivity index is 1.60. The molecule has 0 bridgehead atoms. The van der Waals surface area contributed by atoms with Gasteiger partial charge >= 0.3 is 0 Å². The third-order valence-electron chi connectivity index (χ3n) is 4.66. The molecule has 1 saturated heterocycles. The minimum Gasteiger partial charge on any atom is -0.310 e. The Labute approximate surface area is 123 Å². The Morgan fingerprint density at radius 2 is 1.60 bits per heavy atom. The SMILES string of the molecule is CC1(C)CC(NC2C[C@@H]2c2ccccc2)CC(C)(C)N1. The summed E-state index contributed by atoms with van der Waals surface area (Å²) in [6.45, 7) is 9.29. The van der Waals surface area contributed by atoms with Gasteiger partial charge in [0.05, 0.1) is 0 Å². The highest BCUT2D eigenvalue weighted by Crippen LogP contribution is 2.42. The Bertz CT molecular complexity index is 448. The summed E-state index contributed by atoms with van der Waals surface area (Å²) in [4.78, 5) is 0.